The summed E-state index contributed by atoms with van der Waals surface area (Å²) in [5, 5.41) is 7.28. The molecule has 0 aromatic carbocycles. The van der Waals surface area contributed by atoms with Crippen molar-refractivity contribution in [2.75, 3.05) is 17.6 Å². The Morgan fingerprint density at radius 3 is 3.29 bits per heavy atom. The van der Waals surface area contributed by atoms with Gasteiger partial charge in [-0.25, -0.2) is 9.97 Å². The van der Waals surface area contributed by atoms with E-state index in [4.69, 9.17) is 0 Å². The average Bonchev–Trinajstić information content (AvgIpc) is 2.85. The van der Waals surface area contributed by atoms with Crippen molar-refractivity contribution >= 4 is 39.3 Å². The topological polar surface area (TPSA) is 37.8 Å². The number of hydrogen-bond acceptors (Lipinski definition) is 5. The lowest BCUT2D eigenvalue weighted by Gasteiger charge is -2.21. The zero-order valence-electron chi connectivity index (χ0n) is 9.56. The van der Waals surface area contributed by atoms with Crippen molar-refractivity contribution in [2.45, 2.75) is 24.5 Å². The van der Waals surface area contributed by atoms with Gasteiger partial charge in [0.1, 0.15) is 4.83 Å². The summed E-state index contributed by atoms with van der Waals surface area (Å²) in [6, 6.07) is 2.06. The lowest BCUT2D eigenvalue weighted by atomic mass is 10.2. The van der Waals surface area contributed by atoms with E-state index in [1.54, 1.807) is 11.3 Å². The monoisotopic (exact) mass is 265 g/mol. The molecule has 1 aliphatic rings. The molecule has 2 aromatic heterocycles. The van der Waals surface area contributed by atoms with Crippen molar-refractivity contribution < 1.29 is 0 Å². The fourth-order valence-corrected chi connectivity index (χ4v) is 3.99. The summed E-state index contributed by atoms with van der Waals surface area (Å²) in [7, 11) is 0. The van der Waals surface area contributed by atoms with E-state index in [0.717, 1.165) is 28.0 Å². The summed E-state index contributed by atoms with van der Waals surface area (Å²) in [4.78, 5) is 9.91. The maximum absolute atomic E-state index is 4.51. The zero-order chi connectivity index (χ0) is 11.5. The molecule has 17 heavy (non-hydrogen) atoms. The molecule has 3 nitrogen and oxygen atoms in total. The van der Waals surface area contributed by atoms with E-state index in [1.165, 1.54) is 25.0 Å². The molecule has 0 amide bonds. The molecule has 1 aliphatic heterocycles. The normalized spacial score (nSPS) is 20.6. The molecule has 0 spiro atoms. The first-order valence-electron chi connectivity index (χ1n) is 5.97. The lowest BCUT2D eigenvalue weighted by molar-refractivity contribution is 0.676. The minimum absolute atomic E-state index is 0.728. The molecule has 90 valence electrons. The Hall–Kier alpha value is -0.810. The fraction of sp³-hybridized carbons (Fsp3) is 0.500. The van der Waals surface area contributed by atoms with Crippen LogP contribution in [0, 0.1) is 0 Å². The van der Waals surface area contributed by atoms with Crippen molar-refractivity contribution in [3.05, 3.63) is 17.6 Å². The lowest BCUT2D eigenvalue weighted by Crippen LogP contribution is -2.20. The molecule has 1 unspecified atom stereocenters. The molecular weight excluding hydrogens is 250 g/mol. The van der Waals surface area contributed by atoms with Gasteiger partial charge in [0.2, 0.25) is 5.95 Å². The Morgan fingerprint density at radius 1 is 1.41 bits per heavy atom. The molecule has 1 saturated heterocycles. The maximum Gasteiger partial charge on any atom is 0.224 e. The van der Waals surface area contributed by atoms with Crippen molar-refractivity contribution in [3.63, 3.8) is 0 Å². The highest BCUT2D eigenvalue weighted by molar-refractivity contribution is 7.99. The van der Waals surface area contributed by atoms with E-state index in [0.29, 0.717) is 0 Å². The molecule has 0 radical (unpaired) electrons. The highest BCUT2D eigenvalue weighted by atomic mass is 32.2. The average molecular weight is 265 g/mol. The molecule has 5 heteroatoms. The molecule has 1 atom stereocenters. The van der Waals surface area contributed by atoms with Gasteiger partial charge in [0.15, 0.2) is 0 Å². The summed E-state index contributed by atoms with van der Waals surface area (Å²) < 4.78 is 0. The largest absolute Gasteiger partial charge is 0.353 e. The van der Waals surface area contributed by atoms with Gasteiger partial charge in [0.25, 0.3) is 0 Å². The predicted molar refractivity (Wildman–Crippen MR) is 76.0 cm³/mol. The van der Waals surface area contributed by atoms with Gasteiger partial charge in [-0.2, -0.15) is 11.8 Å². The summed E-state index contributed by atoms with van der Waals surface area (Å²) in [5.41, 5.74) is 0. The molecule has 0 bridgehead atoms. The smallest absolute Gasteiger partial charge is 0.224 e. The quantitative estimate of drug-likeness (QED) is 0.923. The number of aromatic nitrogens is 2. The highest BCUT2D eigenvalue weighted by Gasteiger charge is 2.13. The second-order valence-electron chi connectivity index (χ2n) is 4.24. The van der Waals surface area contributed by atoms with E-state index in [-0.39, 0.29) is 0 Å². The molecule has 2 aromatic rings. The van der Waals surface area contributed by atoms with Crippen LogP contribution >= 0.6 is 23.1 Å². The van der Waals surface area contributed by atoms with E-state index in [1.807, 2.05) is 6.20 Å². The van der Waals surface area contributed by atoms with Crippen molar-refractivity contribution in [1.82, 2.24) is 9.97 Å². The van der Waals surface area contributed by atoms with Crippen LogP contribution in [-0.4, -0.2) is 27.5 Å². The SMILES string of the molecule is c1cc2cnc(NCC3CCCCS3)nc2s1. The van der Waals surface area contributed by atoms with Crippen molar-refractivity contribution in [1.29, 1.82) is 0 Å². The third-order valence-corrected chi connectivity index (χ3v) is 5.19. The second kappa shape index (κ2) is 5.23. The van der Waals surface area contributed by atoms with Gasteiger partial charge >= 0.3 is 0 Å². The van der Waals surface area contributed by atoms with Crippen LogP contribution in [0.4, 0.5) is 5.95 Å². The molecular formula is C12H15N3S2. The minimum atomic E-state index is 0.728. The van der Waals surface area contributed by atoms with Crippen molar-refractivity contribution in [3.8, 4) is 0 Å². The van der Waals surface area contributed by atoms with Gasteiger partial charge in [-0.05, 0) is 30.0 Å². The zero-order valence-corrected chi connectivity index (χ0v) is 11.2. The molecule has 0 saturated carbocycles. The van der Waals surface area contributed by atoms with E-state index in [9.17, 15) is 0 Å². The standard InChI is InChI=1S/C12H15N3S2/c1-2-5-16-10(3-1)8-14-12-13-7-9-4-6-17-11(9)15-12/h4,6-7,10H,1-3,5,8H2,(H,13,14,15). The van der Waals surface area contributed by atoms with Crippen LogP contribution < -0.4 is 5.32 Å². The third-order valence-electron chi connectivity index (χ3n) is 2.97. The highest BCUT2D eigenvalue weighted by Crippen LogP contribution is 2.25. The first-order chi connectivity index (χ1) is 8.42. The fourth-order valence-electron chi connectivity index (χ4n) is 2.01. The van der Waals surface area contributed by atoms with Crippen LogP contribution in [0.25, 0.3) is 10.2 Å². The summed E-state index contributed by atoms with van der Waals surface area (Å²) in [6.45, 7) is 0.988. The summed E-state index contributed by atoms with van der Waals surface area (Å²) in [5.74, 6) is 2.07. The third kappa shape index (κ3) is 2.72. The van der Waals surface area contributed by atoms with Crippen LogP contribution in [0.15, 0.2) is 17.6 Å². The van der Waals surface area contributed by atoms with Crippen LogP contribution in [0.1, 0.15) is 19.3 Å². The molecule has 3 heterocycles. The first kappa shape index (κ1) is 11.3. The number of hydrogen-bond donors (Lipinski definition) is 1. The number of thioether (sulfide) groups is 1. The van der Waals surface area contributed by atoms with Gasteiger partial charge in [-0.15, -0.1) is 11.3 Å². The maximum atomic E-state index is 4.51. The number of nitrogens with one attached hydrogen (secondary N) is 1. The van der Waals surface area contributed by atoms with E-state index < -0.39 is 0 Å². The number of anilines is 1. The Morgan fingerprint density at radius 2 is 2.41 bits per heavy atom. The van der Waals surface area contributed by atoms with Crippen molar-refractivity contribution in [2.24, 2.45) is 0 Å². The second-order valence-corrected chi connectivity index (χ2v) is 6.55. The number of thiophene rings is 1. The van der Waals surface area contributed by atoms with Crippen LogP contribution in [-0.2, 0) is 0 Å². The molecule has 0 aliphatic carbocycles. The number of nitrogens with zero attached hydrogens (tertiary/aromatic N) is 2. The van der Waals surface area contributed by atoms with E-state index in [2.05, 4.69) is 38.5 Å². The van der Waals surface area contributed by atoms with Gasteiger partial charge < -0.3 is 5.32 Å². The Labute approximate surface area is 109 Å². The number of fused-ring (bicyclic) bond motifs is 1. The minimum Gasteiger partial charge on any atom is -0.353 e. The van der Waals surface area contributed by atoms with E-state index >= 15 is 0 Å². The Kier molecular flexibility index (Phi) is 3.47. The van der Waals surface area contributed by atoms with Crippen LogP contribution in [0.3, 0.4) is 0 Å². The van der Waals surface area contributed by atoms with Gasteiger partial charge in [0.05, 0.1) is 0 Å². The Bertz CT molecular complexity index is 491. The van der Waals surface area contributed by atoms with Crippen LogP contribution in [0.2, 0.25) is 0 Å². The number of rotatable bonds is 3. The molecule has 3 rings (SSSR count). The molecule has 1 fully saturated rings. The first-order valence-corrected chi connectivity index (χ1v) is 7.90. The summed E-state index contributed by atoms with van der Waals surface area (Å²) in [6.07, 6.45) is 5.96. The Balaban J connectivity index is 1.63. The predicted octanol–water partition coefficient (Wildman–Crippen LogP) is 3.39. The van der Waals surface area contributed by atoms with Gasteiger partial charge in [-0.3, -0.25) is 0 Å². The van der Waals surface area contributed by atoms with Crippen LogP contribution in [0.5, 0.6) is 0 Å². The van der Waals surface area contributed by atoms with Gasteiger partial charge in [0, 0.05) is 23.4 Å². The van der Waals surface area contributed by atoms with Gasteiger partial charge in [-0.1, -0.05) is 6.42 Å². The molecule has 1 N–H and O–H groups in total. The summed E-state index contributed by atoms with van der Waals surface area (Å²) >= 11 is 3.74.